The Morgan fingerprint density at radius 2 is 2.25 bits per heavy atom. The van der Waals surface area contributed by atoms with Gasteiger partial charge in [-0.25, -0.2) is 4.98 Å². The summed E-state index contributed by atoms with van der Waals surface area (Å²) in [5.41, 5.74) is 0.989. The smallest absolute Gasteiger partial charge is 0.184 e. The Bertz CT molecular complexity index is 353. The molecular formula is C8H6ClNS2. The summed E-state index contributed by atoms with van der Waals surface area (Å²) < 4.78 is 0.607. The van der Waals surface area contributed by atoms with Gasteiger partial charge in [0.25, 0.3) is 0 Å². The monoisotopic (exact) mass is 215 g/mol. The van der Waals surface area contributed by atoms with Crippen LogP contribution >= 0.6 is 34.3 Å². The van der Waals surface area contributed by atoms with Crippen LogP contribution in [0.4, 0.5) is 0 Å². The molecule has 0 unspecified atom stereocenters. The Kier molecular flexibility index (Phi) is 2.17. The number of thiophene rings is 1. The molecule has 2 aromatic heterocycles. The third kappa shape index (κ3) is 1.53. The number of nitrogens with zero attached hydrogens (tertiary/aromatic N) is 1. The highest BCUT2D eigenvalue weighted by atomic mass is 35.5. The van der Waals surface area contributed by atoms with Crippen LogP contribution in [0, 0.1) is 6.92 Å². The standard InChI is InChI=1S/C8H6ClNS2/c1-5-2-3-7(12-5)6-4-11-8(9)10-6/h2-4H,1H3. The maximum Gasteiger partial charge on any atom is 0.184 e. The van der Waals surface area contributed by atoms with E-state index in [0.717, 1.165) is 5.69 Å². The van der Waals surface area contributed by atoms with Crippen molar-refractivity contribution in [3.8, 4) is 10.6 Å². The topological polar surface area (TPSA) is 12.9 Å². The van der Waals surface area contributed by atoms with Gasteiger partial charge in [0, 0.05) is 10.3 Å². The van der Waals surface area contributed by atoms with E-state index in [1.807, 2.05) is 5.38 Å². The van der Waals surface area contributed by atoms with Crippen LogP contribution < -0.4 is 0 Å². The molecule has 0 atom stereocenters. The van der Waals surface area contributed by atoms with E-state index >= 15 is 0 Å². The normalized spacial score (nSPS) is 10.5. The van der Waals surface area contributed by atoms with Crippen molar-refractivity contribution in [1.29, 1.82) is 0 Å². The van der Waals surface area contributed by atoms with Gasteiger partial charge in [0.15, 0.2) is 4.47 Å². The first kappa shape index (κ1) is 8.23. The van der Waals surface area contributed by atoms with Crippen molar-refractivity contribution < 1.29 is 0 Å². The molecule has 0 aromatic carbocycles. The number of hydrogen-bond acceptors (Lipinski definition) is 3. The van der Waals surface area contributed by atoms with E-state index in [9.17, 15) is 0 Å². The molecule has 0 aliphatic heterocycles. The summed E-state index contributed by atoms with van der Waals surface area (Å²) in [6, 6.07) is 4.17. The van der Waals surface area contributed by atoms with Crippen LogP contribution in [0.3, 0.4) is 0 Å². The molecular weight excluding hydrogens is 210 g/mol. The number of hydrogen-bond donors (Lipinski definition) is 0. The van der Waals surface area contributed by atoms with Crippen LogP contribution in [-0.2, 0) is 0 Å². The fourth-order valence-corrected chi connectivity index (χ4v) is 2.60. The van der Waals surface area contributed by atoms with Gasteiger partial charge in [-0.3, -0.25) is 0 Å². The molecule has 0 saturated heterocycles. The molecule has 2 rings (SSSR count). The maximum absolute atomic E-state index is 5.73. The maximum atomic E-state index is 5.73. The van der Waals surface area contributed by atoms with Gasteiger partial charge in [-0.2, -0.15) is 0 Å². The number of aryl methyl sites for hydroxylation is 1. The molecule has 0 amide bonds. The highest BCUT2D eigenvalue weighted by Gasteiger charge is 2.04. The predicted molar refractivity (Wildman–Crippen MR) is 55.2 cm³/mol. The molecule has 62 valence electrons. The van der Waals surface area contributed by atoms with Crippen molar-refractivity contribution in [3.05, 3.63) is 26.9 Å². The van der Waals surface area contributed by atoms with E-state index in [1.165, 1.54) is 21.1 Å². The summed E-state index contributed by atoms with van der Waals surface area (Å²) >= 11 is 8.94. The second kappa shape index (κ2) is 3.17. The van der Waals surface area contributed by atoms with E-state index in [0.29, 0.717) is 4.47 Å². The quantitative estimate of drug-likeness (QED) is 0.705. The minimum absolute atomic E-state index is 0.607. The van der Waals surface area contributed by atoms with Gasteiger partial charge in [-0.1, -0.05) is 11.6 Å². The fraction of sp³-hybridized carbons (Fsp3) is 0.125. The molecule has 2 aromatic rings. The molecule has 2 heterocycles. The molecule has 0 aliphatic carbocycles. The van der Waals surface area contributed by atoms with Gasteiger partial charge in [-0.15, -0.1) is 22.7 Å². The molecule has 0 spiro atoms. The van der Waals surface area contributed by atoms with Gasteiger partial charge in [-0.05, 0) is 19.1 Å². The van der Waals surface area contributed by atoms with Crippen LogP contribution in [0.5, 0.6) is 0 Å². The summed E-state index contributed by atoms with van der Waals surface area (Å²) in [7, 11) is 0. The zero-order valence-electron chi connectivity index (χ0n) is 6.37. The van der Waals surface area contributed by atoms with Gasteiger partial charge >= 0.3 is 0 Å². The van der Waals surface area contributed by atoms with Crippen LogP contribution in [-0.4, -0.2) is 4.98 Å². The molecule has 0 aliphatic rings. The first-order valence-corrected chi connectivity index (χ1v) is 5.51. The average molecular weight is 216 g/mol. The fourth-order valence-electron chi connectivity index (χ4n) is 0.937. The van der Waals surface area contributed by atoms with E-state index in [2.05, 4.69) is 24.0 Å². The Labute approximate surface area is 83.7 Å². The SMILES string of the molecule is Cc1ccc(-c2csc(Cl)n2)s1. The number of halogens is 1. The molecule has 4 heteroatoms. The Hall–Kier alpha value is -0.380. The van der Waals surface area contributed by atoms with Crippen LogP contribution in [0.1, 0.15) is 4.88 Å². The van der Waals surface area contributed by atoms with Crippen molar-refractivity contribution in [3.63, 3.8) is 0 Å². The summed E-state index contributed by atoms with van der Waals surface area (Å²) in [5, 5.41) is 1.98. The predicted octanol–water partition coefficient (Wildman–Crippen LogP) is 3.83. The van der Waals surface area contributed by atoms with E-state index in [-0.39, 0.29) is 0 Å². The largest absolute Gasteiger partial charge is 0.224 e. The van der Waals surface area contributed by atoms with Crippen LogP contribution in [0.15, 0.2) is 17.5 Å². The van der Waals surface area contributed by atoms with Gasteiger partial charge in [0.1, 0.15) is 0 Å². The first-order valence-electron chi connectivity index (χ1n) is 3.43. The third-order valence-corrected chi connectivity index (χ3v) is 3.47. The summed E-state index contributed by atoms with van der Waals surface area (Å²) in [6.45, 7) is 2.09. The highest BCUT2D eigenvalue weighted by molar-refractivity contribution is 7.17. The molecule has 12 heavy (non-hydrogen) atoms. The van der Waals surface area contributed by atoms with Crippen molar-refractivity contribution >= 4 is 34.3 Å². The van der Waals surface area contributed by atoms with Gasteiger partial charge < -0.3 is 0 Å². The van der Waals surface area contributed by atoms with Crippen molar-refractivity contribution in [2.45, 2.75) is 6.92 Å². The molecule has 0 radical (unpaired) electrons. The lowest BCUT2D eigenvalue weighted by molar-refractivity contribution is 1.43. The van der Waals surface area contributed by atoms with Crippen molar-refractivity contribution in [1.82, 2.24) is 4.98 Å². The lowest BCUT2D eigenvalue weighted by Gasteiger charge is -1.85. The van der Waals surface area contributed by atoms with Crippen LogP contribution in [0.2, 0.25) is 4.47 Å². The Morgan fingerprint density at radius 1 is 1.42 bits per heavy atom. The third-order valence-electron chi connectivity index (χ3n) is 1.47. The number of thiazole rings is 1. The molecule has 0 fully saturated rings. The lowest BCUT2D eigenvalue weighted by Crippen LogP contribution is -1.67. The first-order chi connectivity index (χ1) is 5.75. The van der Waals surface area contributed by atoms with E-state index < -0.39 is 0 Å². The highest BCUT2D eigenvalue weighted by Crippen LogP contribution is 2.29. The second-order valence-electron chi connectivity index (χ2n) is 2.40. The van der Waals surface area contributed by atoms with Crippen LogP contribution in [0.25, 0.3) is 10.6 Å². The lowest BCUT2D eigenvalue weighted by atomic mass is 10.4. The Balaban J connectivity index is 2.43. The summed E-state index contributed by atoms with van der Waals surface area (Å²) in [5.74, 6) is 0. The zero-order valence-corrected chi connectivity index (χ0v) is 8.76. The average Bonchev–Trinajstić information content (AvgIpc) is 2.58. The number of rotatable bonds is 1. The summed E-state index contributed by atoms with van der Waals surface area (Å²) in [4.78, 5) is 6.68. The van der Waals surface area contributed by atoms with Crippen molar-refractivity contribution in [2.24, 2.45) is 0 Å². The number of aromatic nitrogens is 1. The minimum Gasteiger partial charge on any atom is -0.224 e. The molecule has 0 bridgehead atoms. The minimum atomic E-state index is 0.607. The summed E-state index contributed by atoms with van der Waals surface area (Å²) in [6.07, 6.45) is 0. The molecule has 0 saturated carbocycles. The zero-order chi connectivity index (χ0) is 8.55. The second-order valence-corrected chi connectivity index (χ2v) is 5.12. The van der Waals surface area contributed by atoms with E-state index in [4.69, 9.17) is 11.6 Å². The van der Waals surface area contributed by atoms with Gasteiger partial charge in [0.2, 0.25) is 0 Å². The van der Waals surface area contributed by atoms with Gasteiger partial charge in [0.05, 0.1) is 10.6 Å². The molecule has 1 nitrogen and oxygen atoms in total. The van der Waals surface area contributed by atoms with Crippen molar-refractivity contribution in [2.75, 3.05) is 0 Å². The van der Waals surface area contributed by atoms with E-state index in [1.54, 1.807) is 11.3 Å². The Morgan fingerprint density at radius 3 is 2.75 bits per heavy atom. The molecule has 0 N–H and O–H groups in total.